The first-order valence-corrected chi connectivity index (χ1v) is 12.2. The summed E-state index contributed by atoms with van der Waals surface area (Å²) >= 11 is 1.85. The zero-order valence-corrected chi connectivity index (χ0v) is 19.8. The van der Waals surface area contributed by atoms with Crippen LogP contribution >= 0.6 is 11.8 Å². The van der Waals surface area contributed by atoms with Crippen molar-refractivity contribution in [1.82, 2.24) is 4.98 Å². The Kier molecular flexibility index (Phi) is 9.44. The summed E-state index contributed by atoms with van der Waals surface area (Å²) in [7, 11) is 0. The average molecular weight is 468 g/mol. The van der Waals surface area contributed by atoms with Gasteiger partial charge in [0, 0.05) is 31.2 Å². The first-order valence-electron chi connectivity index (χ1n) is 10.8. The molecule has 0 aliphatic carbocycles. The number of aromatic nitrogens is 1. The molecule has 4 rings (SSSR count). The molecule has 3 aromatic rings. The molecule has 7 heteroatoms. The molecule has 0 saturated carbocycles. The zero-order chi connectivity index (χ0) is 23.5. The Labute approximate surface area is 198 Å². The van der Waals surface area contributed by atoms with Gasteiger partial charge >= 0.3 is 0 Å². The molecule has 1 aliphatic rings. The van der Waals surface area contributed by atoms with Gasteiger partial charge in [0.2, 0.25) is 5.88 Å². The smallest absolute Gasteiger partial charge is 0.300 e. The van der Waals surface area contributed by atoms with E-state index in [2.05, 4.69) is 47.6 Å². The molecule has 0 unspecified atom stereocenters. The van der Waals surface area contributed by atoms with Crippen molar-refractivity contribution in [2.75, 3.05) is 25.2 Å². The van der Waals surface area contributed by atoms with E-state index in [0.717, 1.165) is 72.5 Å². The van der Waals surface area contributed by atoms with Gasteiger partial charge in [-0.1, -0.05) is 30.3 Å². The van der Waals surface area contributed by atoms with Gasteiger partial charge in [-0.05, 0) is 53.3 Å². The molecular formula is C26H29NO5S. The number of carbonyl (C=O) groups is 1. The van der Waals surface area contributed by atoms with Crippen molar-refractivity contribution < 1.29 is 24.1 Å². The van der Waals surface area contributed by atoms with E-state index in [0.29, 0.717) is 12.5 Å². The zero-order valence-electron chi connectivity index (χ0n) is 19.0. The first kappa shape index (κ1) is 24.5. The van der Waals surface area contributed by atoms with Crippen molar-refractivity contribution in [3.63, 3.8) is 0 Å². The highest BCUT2D eigenvalue weighted by Gasteiger charge is 2.13. The molecule has 174 valence electrons. The Morgan fingerprint density at radius 2 is 1.91 bits per heavy atom. The highest BCUT2D eigenvalue weighted by Crippen LogP contribution is 2.28. The van der Waals surface area contributed by atoms with E-state index in [-0.39, 0.29) is 0 Å². The third kappa shape index (κ3) is 8.02. The highest BCUT2D eigenvalue weighted by atomic mass is 32.2. The Bertz CT molecular complexity index is 1040. The van der Waals surface area contributed by atoms with E-state index in [1.54, 1.807) is 0 Å². The van der Waals surface area contributed by atoms with Gasteiger partial charge in [0.1, 0.15) is 18.1 Å². The van der Waals surface area contributed by atoms with Crippen LogP contribution in [0.4, 0.5) is 0 Å². The normalized spacial score (nSPS) is 11.6. The second kappa shape index (κ2) is 12.7. The second-order valence-electron chi connectivity index (χ2n) is 7.46. The van der Waals surface area contributed by atoms with Crippen LogP contribution < -0.4 is 14.2 Å². The van der Waals surface area contributed by atoms with Gasteiger partial charge in [-0.2, -0.15) is 11.8 Å². The lowest BCUT2D eigenvalue weighted by Crippen LogP contribution is -1.98. The third-order valence-corrected chi connectivity index (χ3v) is 5.51. The van der Waals surface area contributed by atoms with Crippen LogP contribution in [0.2, 0.25) is 0 Å². The standard InChI is InChI=1S/C24H25NO3S.C2H4O2/c1-29-13-3-11-26-22-8-6-19(7-9-22)20-5-2-4-18(14-20)17-28-24-15-23-21(16-25-24)10-12-27-23;1-2(3)4/h2,4-9,14-16H,3,10-13,17H2,1H3;1H3,(H,3,4). The predicted octanol–water partition coefficient (Wildman–Crippen LogP) is 5.49. The number of hydrogen-bond acceptors (Lipinski definition) is 6. The van der Waals surface area contributed by atoms with Crippen molar-refractivity contribution in [2.45, 2.75) is 26.4 Å². The number of hydrogen-bond donors (Lipinski definition) is 1. The molecule has 1 aromatic heterocycles. The summed E-state index contributed by atoms with van der Waals surface area (Å²) < 4.78 is 17.3. The third-order valence-electron chi connectivity index (χ3n) is 4.81. The number of ether oxygens (including phenoxy) is 3. The quantitative estimate of drug-likeness (QED) is 0.417. The maximum atomic E-state index is 9.00. The van der Waals surface area contributed by atoms with Crippen LogP contribution in [-0.4, -0.2) is 41.3 Å². The van der Waals surface area contributed by atoms with Crippen LogP contribution in [-0.2, 0) is 17.8 Å². The van der Waals surface area contributed by atoms with Crippen molar-refractivity contribution >= 4 is 17.7 Å². The van der Waals surface area contributed by atoms with Crippen LogP contribution in [0.3, 0.4) is 0 Å². The lowest BCUT2D eigenvalue weighted by molar-refractivity contribution is -0.134. The van der Waals surface area contributed by atoms with Gasteiger partial charge in [-0.25, -0.2) is 4.98 Å². The van der Waals surface area contributed by atoms with Crippen LogP contribution in [0.25, 0.3) is 11.1 Å². The number of aliphatic carboxylic acids is 1. The maximum Gasteiger partial charge on any atom is 0.300 e. The minimum Gasteiger partial charge on any atom is -0.494 e. The van der Waals surface area contributed by atoms with E-state index in [1.165, 1.54) is 0 Å². The molecule has 0 saturated heterocycles. The number of pyridine rings is 1. The largest absolute Gasteiger partial charge is 0.494 e. The molecule has 0 fully saturated rings. The van der Waals surface area contributed by atoms with E-state index in [4.69, 9.17) is 24.1 Å². The SMILES string of the molecule is CC(=O)O.CSCCCOc1ccc(-c2cccc(COc3cc4c(cn3)CCO4)c2)cc1. The molecule has 33 heavy (non-hydrogen) atoms. The summed E-state index contributed by atoms with van der Waals surface area (Å²) in [4.78, 5) is 13.4. The lowest BCUT2D eigenvalue weighted by atomic mass is 10.0. The van der Waals surface area contributed by atoms with E-state index in [1.807, 2.05) is 36.2 Å². The molecule has 0 spiro atoms. The fraction of sp³-hybridized carbons (Fsp3) is 0.308. The molecule has 2 aromatic carbocycles. The molecular weight excluding hydrogens is 438 g/mol. The van der Waals surface area contributed by atoms with Crippen LogP contribution in [0.5, 0.6) is 17.4 Å². The Morgan fingerprint density at radius 1 is 1.12 bits per heavy atom. The number of nitrogens with zero attached hydrogens (tertiary/aromatic N) is 1. The van der Waals surface area contributed by atoms with Crippen LogP contribution in [0.15, 0.2) is 60.8 Å². The number of benzene rings is 2. The molecule has 0 bridgehead atoms. The summed E-state index contributed by atoms with van der Waals surface area (Å²) in [6.07, 6.45) is 5.95. The van der Waals surface area contributed by atoms with Gasteiger partial charge in [0.15, 0.2) is 0 Å². The number of carboxylic acid groups (broad SMARTS) is 1. The predicted molar refractivity (Wildman–Crippen MR) is 131 cm³/mol. The molecule has 6 nitrogen and oxygen atoms in total. The first-order chi connectivity index (χ1) is 16.0. The van der Waals surface area contributed by atoms with Crippen molar-refractivity contribution in [3.8, 4) is 28.5 Å². The lowest BCUT2D eigenvalue weighted by Gasteiger charge is -2.10. The van der Waals surface area contributed by atoms with Gasteiger partial charge in [0.05, 0.1) is 13.2 Å². The van der Waals surface area contributed by atoms with Crippen LogP contribution in [0.1, 0.15) is 24.5 Å². The Hall–Kier alpha value is -3.19. The topological polar surface area (TPSA) is 77.9 Å². The summed E-state index contributed by atoms with van der Waals surface area (Å²) in [5, 5.41) is 7.42. The number of fused-ring (bicyclic) bond motifs is 1. The molecule has 1 aliphatic heterocycles. The summed E-state index contributed by atoms with van der Waals surface area (Å²) in [6, 6.07) is 18.5. The molecule has 0 amide bonds. The average Bonchev–Trinajstić information content (AvgIpc) is 3.29. The number of carboxylic acids is 1. The van der Waals surface area contributed by atoms with Gasteiger partial charge in [-0.15, -0.1) is 0 Å². The Morgan fingerprint density at radius 3 is 2.67 bits per heavy atom. The van der Waals surface area contributed by atoms with E-state index < -0.39 is 5.97 Å². The fourth-order valence-corrected chi connectivity index (χ4v) is 3.66. The molecule has 1 N–H and O–H groups in total. The highest BCUT2D eigenvalue weighted by molar-refractivity contribution is 7.98. The maximum absolute atomic E-state index is 9.00. The number of thioether (sulfide) groups is 1. The summed E-state index contributed by atoms with van der Waals surface area (Å²) in [6.45, 7) is 3.04. The molecule has 0 atom stereocenters. The van der Waals surface area contributed by atoms with Crippen molar-refractivity contribution in [2.24, 2.45) is 0 Å². The van der Waals surface area contributed by atoms with Gasteiger partial charge in [-0.3, -0.25) is 4.79 Å². The monoisotopic (exact) mass is 467 g/mol. The van der Waals surface area contributed by atoms with Crippen molar-refractivity contribution in [1.29, 1.82) is 0 Å². The minimum atomic E-state index is -0.833. The van der Waals surface area contributed by atoms with E-state index >= 15 is 0 Å². The second-order valence-corrected chi connectivity index (χ2v) is 8.44. The van der Waals surface area contributed by atoms with Gasteiger partial charge < -0.3 is 19.3 Å². The summed E-state index contributed by atoms with van der Waals surface area (Å²) in [5.74, 6) is 2.69. The van der Waals surface area contributed by atoms with Crippen LogP contribution in [0, 0.1) is 0 Å². The van der Waals surface area contributed by atoms with Gasteiger partial charge in [0.25, 0.3) is 5.97 Å². The summed E-state index contributed by atoms with van der Waals surface area (Å²) in [5.41, 5.74) is 4.57. The van der Waals surface area contributed by atoms with E-state index in [9.17, 15) is 0 Å². The molecule has 0 radical (unpaired) electrons. The molecule has 2 heterocycles. The van der Waals surface area contributed by atoms with Crippen molar-refractivity contribution in [3.05, 3.63) is 71.9 Å². The minimum absolute atomic E-state index is 0.469. The Balaban J connectivity index is 0.000000709. The fourth-order valence-electron chi connectivity index (χ4n) is 3.25. The number of rotatable bonds is 9.